The number of likely N-dealkylation sites (N-methyl/N-ethyl adjacent to an activating group) is 1. The van der Waals surface area contributed by atoms with Gasteiger partial charge in [-0.1, -0.05) is 12.1 Å². The SMILES string of the molecule is CCN(CC)C(=O)Cc1ccc(NS(=O)(=O)c2cc(C(=O)O)ccc2OC)cc1. The topological polar surface area (TPSA) is 113 Å². The number of amides is 1. The van der Waals surface area contributed by atoms with Crippen molar-refractivity contribution in [1.82, 2.24) is 4.90 Å². The zero-order valence-electron chi connectivity index (χ0n) is 16.5. The maximum atomic E-state index is 12.7. The molecule has 2 aromatic rings. The second-order valence-electron chi connectivity index (χ2n) is 6.22. The Morgan fingerprint density at radius 3 is 2.21 bits per heavy atom. The molecule has 0 heterocycles. The molecule has 0 aliphatic carbocycles. The third kappa shape index (κ3) is 5.47. The lowest BCUT2D eigenvalue weighted by Crippen LogP contribution is -2.31. The fourth-order valence-corrected chi connectivity index (χ4v) is 4.04. The number of methoxy groups -OCH3 is 1. The minimum Gasteiger partial charge on any atom is -0.495 e. The molecule has 0 atom stereocenters. The normalized spacial score (nSPS) is 11.0. The summed E-state index contributed by atoms with van der Waals surface area (Å²) < 4.78 is 32.9. The Hall–Kier alpha value is -3.07. The molecule has 0 unspecified atom stereocenters. The average Bonchev–Trinajstić information content (AvgIpc) is 2.69. The van der Waals surface area contributed by atoms with Crippen molar-refractivity contribution >= 4 is 27.6 Å². The van der Waals surface area contributed by atoms with Crippen LogP contribution in [0.25, 0.3) is 0 Å². The summed E-state index contributed by atoms with van der Waals surface area (Å²) in [6, 6.07) is 10.0. The molecule has 1 amide bonds. The van der Waals surface area contributed by atoms with E-state index in [0.29, 0.717) is 13.1 Å². The molecule has 0 fully saturated rings. The van der Waals surface area contributed by atoms with Gasteiger partial charge in [-0.05, 0) is 49.7 Å². The van der Waals surface area contributed by atoms with Crippen LogP contribution in [0.2, 0.25) is 0 Å². The second-order valence-corrected chi connectivity index (χ2v) is 7.87. The summed E-state index contributed by atoms with van der Waals surface area (Å²) in [7, 11) is -2.78. The zero-order chi connectivity index (χ0) is 21.6. The van der Waals surface area contributed by atoms with Crippen LogP contribution in [0.5, 0.6) is 5.75 Å². The lowest BCUT2D eigenvalue weighted by molar-refractivity contribution is -0.130. The van der Waals surface area contributed by atoms with E-state index in [1.54, 1.807) is 29.2 Å². The number of aromatic carboxylic acids is 1. The fraction of sp³-hybridized carbons (Fsp3) is 0.300. The van der Waals surface area contributed by atoms with Crippen LogP contribution in [-0.4, -0.2) is 50.5 Å². The molecule has 0 radical (unpaired) electrons. The Balaban J connectivity index is 2.22. The van der Waals surface area contributed by atoms with Crippen molar-refractivity contribution in [2.24, 2.45) is 0 Å². The molecule has 2 N–H and O–H groups in total. The van der Waals surface area contributed by atoms with Crippen molar-refractivity contribution in [3.8, 4) is 5.75 Å². The van der Waals surface area contributed by atoms with Gasteiger partial charge in [0.1, 0.15) is 10.6 Å². The van der Waals surface area contributed by atoms with E-state index in [9.17, 15) is 18.0 Å². The van der Waals surface area contributed by atoms with Gasteiger partial charge >= 0.3 is 5.97 Å². The Morgan fingerprint density at radius 1 is 1.07 bits per heavy atom. The molecule has 0 saturated heterocycles. The van der Waals surface area contributed by atoms with Crippen LogP contribution in [0.4, 0.5) is 5.69 Å². The molecule has 0 saturated carbocycles. The third-order valence-electron chi connectivity index (χ3n) is 4.38. The summed E-state index contributed by atoms with van der Waals surface area (Å²) in [6.07, 6.45) is 0.225. The maximum Gasteiger partial charge on any atom is 0.335 e. The van der Waals surface area contributed by atoms with Gasteiger partial charge in [0.15, 0.2) is 0 Å². The minimum atomic E-state index is -4.08. The zero-order valence-corrected chi connectivity index (χ0v) is 17.3. The molecule has 0 aliphatic heterocycles. The first-order valence-electron chi connectivity index (χ1n) is 9.02. The van der Waals surface area contributed by atoms with Crippen LogP contribution >= 0.6 is 0 Å². The summed E-state index contributed by atoms with van der Waals surface area (Å²) in [5, 5.41) is 9.12. The largest absolute Gasteiger partial charge is 0.495 e. The Morgan fingerprint density at radius 2 is 1.69 bits per heavy atom. The van der Waals surface area contributed by atoms with Crippen molar-refractivity contribution in [3.05, 3.63) is 53.6 Å². The van der Waals surface area contributed by atoms with E-state index < -0.39 is 16.0 Å². The minimum absolute atomic E-state index is 0.00134. The smallest absolute Gasteiger partial charge is 0.335 e. The highest BCUT2D eigenvalue weighted by molar-refractivity contribution is 7.92. The molecular weight excluding hydrogens is 396 g/mol. The van der Waals surface area contributed by atoms with E-state index in [4.69, 9.17) is 9.84 Å². The van der Waals surface area contributed by atoms with Crippen LogP contribution < -0.4 is 9.46 Å². The highest BCUT2D eigenvalue weighted by Crippen LogP contribution is 2.27. The van der Waals surface area contributed by atoms with Gasteiger partial charge in [0.2, 0.25) is 5.91 Å². The van der Waals surface area contributed by atoms with Gasteiger partial charge in [0.05, 0.1) is 19.1 Å². The number of hydrogen-bond donors (Lipinski definition) is 2. The fourth-order valence-electron chi connectivity index (χ4n) is 2.78. The number of benzene rings is 2. The van der Waals surface area contributed by atoms with Crippen molar-refractivity contribution in [2.45, 2.75) is 25.2 Å². The number of hydrogen-bond acceptors (Lipinski definition) is 5. The maximum absolute atomic E-state index is 12.7. The molecule has 2 aromatic carbocycles. The molecule has 8 nitrogen and oxygen atoms in total. The summed E-state index contributed by atoms with van der Waals surface area (Å²) in [5.41, 5.74) is 0.874. The van der Waals surface area contributed by atoms with Crippen LogP contribution in [0.1, 0.15) is 29.8 Å². The van der Waals surface area contributed by atoms with E-state index in [-0.39, 0.29) is 34.2 Å². The lowest BCUT2D eigenvalue weighted by atomic mass is 10.1. The molecule has 0 bridgehead atoms. The highest BCUT2D eigenvalue weighted by Gasteiger charge is 2.22. The van der Waals surface area contributed by atoms with Crippen LogP contribution in [0.15, 0.2) is 47.4 Å². The van der Waals surface area contributed by atoms with Crippen molar-refractivity contribution < 1.29 is 27.9 Å². The van der Waals surface area contributed by atoms with Crippen LogP contribution in [0.3, 0.4) is 0 Å². The van der Waals surface area contributed by atoms with Gasteiger partial charge < -0.3 is 14.7 Å². The van der Waals surface area contributed by atoms with Crippen molar-refractivity contribution in [2.75, 3.05) is 24.9 Å². The molecule has 29 heavy (non-hydrogen) atoms. The summed E-state index contributed by atoms with van der Waals surface area (Å²) in [6.45, 7) is 5.08. The molecule has 0 aliphatic rings. The van der Waals surface area contributed by atoms with Gasteiger partial charge in [-0.25, -0.2) is 13.2 Å². The predicted octanol–water partition coefficient (Wildman–Crippen LogP) is 2.61. The van der Waals surface area contributed by atoms with Gasteiger partial charge in [-0.2, -0.15) is 0 Å². The summed E-state index contributed by atoms with van der Waals surface area (Å²) in [4.78, 5) is 24.8. The van der Waals surface area contributed by atoms with Gasteiger partial charge in [-0.3, -0.25) is 9.52 Å². The quantitative estimate of drug-likeness (QED) is 0.645. The van der Waals surface area contributed by atoms with E-state index in [1.165, 1.54) is 19.2 Å². The van der Waals surface area contributed by atoms with Crippen molar-refractivity contribution in [1.29, 1.82) is 0 Å². The van der Waals surface area contributed by atoms with E-state index in [0.717, 1.165) is 11.6 Å². The van der Waals surface area contributed by atoms with Crippen LogP contribution in [-0.2, 0) is 21.2 Å². The van der Waals surface area contributed by atoms with Crippen LogP contribution in [0, 0.1) is 0 Å². The number of carboxylic acids is 1. The number of anilines is 1. The first-order chi connectivity index (χ1) is 13.7. The van der Waals surface area contributed by atoms with E-state index in [1.807, 2.05) is 13.8 Å². The monoisotopic (exact) mass is 420 g/mol. The number of carbonyl (C=O) groups is 2. The lowest BCUT2D eigenvalue weighted by Gasteiger charge is -2.18. The first-order valence-corrected chi connectivity index (χ1v) is 10.5. The standard InChI is InChI=1S/C20H24N2O6S/c1-4-22(5-2)19(23)12-14-6-9-16(10-7-14)21-29(26,27)18-13-15(20(24)25)8-11-17(18)28-3/h6-11,13,21H,4-5,12H2,1-3H3,(H,24,25). The number of sulfonamides is 1. The molecule has 156 valence electrons. The number of rotatable bonds is 9. The number of carbonyl (C=O) groups excluding carboxylic acids is 1. The molecule has 0 spiro atoms. The highest BCUT2D eigenvalue weighted by atomic mass is 32.2. The van der Waals surface area contributed by atoms with E-state index in [2.05, 4.69) is 4.72 Å². The van der Waals surface area contributed by atoms with Gasteiger partial charge in [0, 0.05) is 18.8 Å². The third-order valence-corrected chi connectivity index (χ3v) is 5.78. The first kappa shape index (κ1) is 22.2. The molecular formula is C20H24N2O6S. The average molecular weight is 420 g/mol. The van der Waals surface area contributed by atoms with Crippen molar-refractivity contribution in [3.63, 3.8) is 0 Å². The molecule has 0 aromatic heterocycles. The second kappa shape index (κ2) is 9.42. The Labute approximate surface area is 170 Å². The van der Waals surface area contributed by atoms with Gasteiger partial charge in [0.25, 0.3) is 10.0 Å². The number of carboxylic acid groups (broad SMARTS) is 1. The Kier molecular flexibility index (Phi) is 7.22. The van der Waals surface area contributed by atoms with E-state index >= 15 is 0 Å². The number of nitrogens with zero attached hydrogens (tertiary/aromatic N) is 1. The summed E-state index contributed by atoms with van der Waals surface area (Å²) >= 11 is 0. The number of nitrogens with one attached hydrogen (secondary N) is 1. The molecule has 2 rings (SSSR count). The summed E-state index contributed by atoms with van der Waals surface area (Å²) in [5.74, 6) is -1.21. The predicted molar refractivity (Wildman–Crippen MR) is 109 cm³/mol. The van der Waals surface area contributed by atoms with Gasteiger partial charge in [-0.15, -0.1) is 0 Å². The molecule has 9 heteroatoms. The Bertz CT molecular complexity index is 983. The number of ether oxygens (including phenoxy) is 1.